The molecule has 4 heterocycles. The van der Waals surface area contributed by atoms with Crippen molar-refractivity contribution in [2.45, 2.75) is 31.2 Å². The van der Waals surface area contributed by atoms with Crippen molar-refractivity contribution >= 4 is 17.2 Å². The molecule has 1 aromatic carbocycles. The maximum atomic E-state index is 13.1. The second-order valence-electron chi connectivity index (χ2n) is 7.96. The lowest BCUT2D eigenvalue weighted by Crippen LogP contribution is -2.36. The number of hydrogen-bond donors (Lipinski definition) is 0. The summed E-state index contributed by atoms with van der Waals surface area (Å²) in [7, 11) is 1.61. The second-order valence-corrected chi connectivity index (χ2v) is 8.74. The van der Waals surface area contributed by atoms with Crippen LogP contribution in [0.3, 0.4) is 0 Å². The lowest BCUT2D eigenvalue weighted by atomic mass is 9.85. The predicted octanol–water partition coefficient (Wildman–Crippen LogP) is 2.49. The third-order valence-electron chi connectivity index (χ3n) is 6.24. The molecule has 3 aromatic rings. The Balaban J connectivity index is 1.40. The van der Waals surface area contributed by atoms with Crippen LogP contribution in [0.5, 0.6) is 5.75 Å². The summed E-state index contributed by atoms with van der Waals surface area (Å²) in [5.41, 5.74) is 1.74. The molecule has 30 heavy (non-hydrogen) atoms. The number of likely N-dealkylation sites (tertiary alicyclic amines) is 1. The van der Waals surface area contributed by atoms with Gasteiger partial charge >= 0.3 is 0 Å². The molecule has 5 rings (SSSR count). The number of rotatable bonds is 4. The van der Waals surface area contributed by atoms with Crippen LogP contribution in [0.25, 0.3) is 11.3 Å². The summed E-state index contributed by atoms with van der Waals surface area (Å²) in [4.78, 5) is 27.8. The largest absolute Gasteiger partial charge is 0.497 e. The van der Waals surface area contributed by atoms with E-state index in [2.05, 4.69) is 10.2 Å². The maximum Gasteiger partial charge on any atom is 0.280 e. The fraction of sp³-hybridized carbons (Fsp3) is 0.364. The summed E-state index contributed by atoms with van der Waals surface area (Å²) < 4.78 is 6.93. The number of carbonyl (C=O) groups is 1. The van der Waals surface area contributed by atoms with Gasteiger partial charge in [-0.2, -0.15) is 11.3 Å². The molecule has 8 heteroatoms. The Bertz CT molecular complexity index is 1140. The number of fused-ring (bicyclic) bond motifs is 2. The maximum absolute atomic E-state index is 13.1. The molecule has 7 nitrogen and oxygen atoms in total. The van der Waals surface area contributed by atoms with E-state index in [0.717, 1.165) is 35.5 Å². The first-order chi connectivity index (χ1) is 14.6. The molecule has 2 aliphatic heterocycles. The summed E-state index contributed by atoms with van der Waals surface area (Å²) in [5.74, 6) is 1.58. The Morgan fingerprint density at radius 3 is 2.70 bits per heavy atom. The van der Waals surface area contributed by atoms with Crippen LogP contribution in [-0.4, -0.2) is 45.8 Å². The van der Waals surface area contributed by atoms with Gasteiger partial charge in [0, 0.05) is 25.2 Å². The zero-order valence-electron chi connectivity index (χ0n) is 16.7. The molecule has 2 aliphatic rings. The van der Waals surface area contributed by atoms with E-state index in [-0.39, 0.29) is 16.9 Å². The van der Waals surface area contributed by atoms with Gasteiger partial charge in [-0.1, -0.05) is 0 Å². The minimum absolute atomic E-state index is 0.120. The first-order valence-electron chi connectivity index (χ1n) is 10.0. The van der Waals surface area contributed by atoms with E-state index in [0.29, 0.717) is 31.7 Å². The summed E-state index contributed by atoms with van der Waals surface area (Å²) in [5, 5.41) is 12.8. The fourth-order valence-electron chi connectivity index (χ4n) is 4.54. The summed E-state index contributed by atoms with van der Waals surface area (Å²) >= 11 is 1.60. The van der Waals surface area contributed by atoms with E-state index in [9.17, 15) is 9.59 Å². The van der Waals surface area contributed by atoms with E-state index >= 15 is 0 Å². The van der Waals surface area contributed by atoms with Crippen LogP contribution in [0.4, 0.5) is 0 Å². The summed E-state index contributed by atoms with van der Waals surface area (Å²) in [6.45, 7) is 1.91. The SMILES string of the molecule is COc1ccc(-c2nnc3n(c2=O)CC[C@@]32CCN(C(=O)Cc3ccsc3)C2)cc1. The highest BCUT2D eigenvalue weighted by atomic mass is 32.1. The van der Waals surface area contributed by atoms with Gasteiger partial charge in [0.2, 0.25) is 5.91 Å². The quantitative estimate of drug-likeness (QED) is 0.646. The molecule has 1 saturated heterocycles. The van der Waals surface area contributed by atoms with Crippen LogP contribution in [0.1, 0.15) is 24.2 Å². The second kappa shape index (κ2) is 7.36. The smallest absolute Gasteiger partial charge is 0.280 e. The number of hydrogen-bond acceptors (Lipinski definition) is 6. The standard InChI is InChI=1S/C22H22N4O3S/c1-29-17-4-2-16(3-5-17)19-20(28)26-10-8-22(21(26)24-23-19)7-9-25(14-22)18(27)12-15-6-11-30-13-15/h2-6,11,13H,7-10,12,14H2,1H3/t22-/m1/s1. The number of amides is 1. The third-order valence-corrected chi connectivity index (χ3v) is 6.97. The molecule has 0 aliphatic carbocycles. The minimum Gasteiger partial charge on any atom is -0.497 e. The van der Waals surface area contributed by atoms with Crippen molar-refractivity contribution in [2.24, 2.45) is 0 Å². The minimum atomic E-state index is -0.269. The number of methoxy groups -OCH3 is 1. The topological polar surface area (TPSA) is 77.3 Å². The molecule has 1 fully saturated rings. The van der Waals surface area contributed by atoms with Crippen LogP contribution in [0, 0.1) is 0 Å². The van der Waals surface area contributed by atoms with Gasteiger partial charge < -0.3 is 9.64 Å². The molecule has 1 amide bonds. The Morgan fingerprint density at radius 2 is 1.97 bits per heavy atom. The van der Waals surface area contributed by atoms with Gasteiger partial charge in [0.15, 0.2) is 5.69 Å². The van der Waals surface area contributed by atoms with Gasteiger partial charge in [-0.25, -0.2) is 0 Å². The average Bonchev–Trinajstić information content (AvgIpc) is 3.51. The molecule has 2 aromatic heterocycles. The zero-order chi connectivity index (χ0) is 20.7. The first-order valence-corrected chi connectivity index (χ1v) is 11.0. The van der Waals surface area contributed by atoms with Crippen molar-refractivity contribution in [1.82, 2.24) is 19.7 Å². The average molecular weight is 423 g/mol. The highest BCUT2D eigenvalue weighted by Crippen LogP contribution is 2.41. The highest BCUT2D eigenvalue weighted by Gasteiger charge is 2.48. The number of carbonyl (C=O) groups excluding carboxylic acids is 1. The van der Waals surface area contributed by atoms with Gasteiger partial charge in [0.1, 0.15) is 11.6 Å². The van der Waals surface area contributed by atoms with Crippen LogP contribution in [0.15, 0.2) is 45.9 Å². The molecule has 1 atom stereocenters. The molecule has 0 unspecified atom stereocenters. The third kappa shape index (κ3) is 3.11. The molecule has 0 N–H and O–H groups in total. The van der Waals surface area contributed by atoms with Gasteiger partial charge in [0.05, 0.1) is 18.9 Å². The molecule has 0 bridgehead atoms. The predicted molar refractivity (Wildman–Crippen MR) is 114 cm³/mol. The summed E-state index contributed by atoms with van der Waals surface area (Å²) in [6, 6.07) is 9.25. The number of benzene rings is 1. The first kappa shape index (κ1) is 19.0. The van der Waals surface area contributed by atoms with Crippen molar-refractivity contribution in [3.8, 4) is 17.0 Å². The molecule has 0 saturated carbocycles. The van der Waals surface area contributed by atoms with Crippen molar-refractivity contribution in [3.05, 3.63) is 62.8 Å². The normalized spacial score (nSPS) is 20.0. The zero-order valence-corrected chi connectivity index (χ0v) is 17.5. The molecule has 154 valence electrons. The number of ether oxygens (including phenoxy) is 1. The van der Waals surface area contributed by atoms with Gasteiger partial charge in [0.25, 0.3) is 5.56 Å². The van der Waals surface area contributed by atoms with E-state index in [1.165, 1.54) is 0 Å². The van der Waals surface area contributed by atoms with Crippen molar-refractivity contribution in [2.75, 3.05) is 20.2 Å². The monoisotopic (exact) mass is 422 g/mol. The van der Waals surface area contributed by atoms with E-state index in [1.54, 1.807) is 23.0 Å². The number of nitrogens with zero attached hydrogens (tertiary/aromatic N) is 4. The van der Waals surface area contributed by atoms with E-state index in [4.69, 9.17) is 4.74 Å². The van der Waals surface area contributed by atoms with Crippen molar-refractivity contribution in [1.29, 1.82) is 0 Å². The summed E-state index contributed by atoms with van der Waals surface area (Å²) in [6.07, 6.45) is 2.05. The molecular weight excluding hydrogens is 400 g/mol. The fourth-order valence-corrected chi connectivity index (χ4v) is 5.21. The van der Waals surface area contributed by atoms with Gasteiger partial charge in [-0.3, -0.25) is 14.2 Å². The Kier molecular flexibility index (Phi) is 4.66. The lowest BCUT2D eigenvalue weighted by molar-refractivity contribution is -0.129. The van der Waals surface area contributed by atoms with Crippen LogP contribution >= 0.6 is 11.3 Å². The van der Waals surface area contributed by atoms with E-state index in [1.807, 2.05) is 46.0 Å². The molecule has 1 spiro atoms. The Hall–Kier alpha value is -3.00. The van der Waals surface area contributed by atoms with E-state index < -0.39 is 0 Å². The Labute approximate surface area is 177 Å². The van der Waals surface area contributed by atoms with Crippen LogP contribution in [0.2, 0.25) is 0 Å². The number of aromatic nitrogens is 3. The van der Waals surface area contributed by atoms with Gasteiger partial charge in [-0.15, -0.1) is 10.2 Å². The van der Waals surface area contributed by atoms with Crippen molar-refractivity contribution in [3.63, 3.8) is 0 Å². The molecular formula is C22H22N4O3S. The number of thiophene rings is 1. The lowest BCUT2D eigenvalue weighted by Gasteiger charge is -2.23. The Morgan fingerprint density at radius 1 is 1.17 bits per heavy atom. The van der Waals surface area contributed by atoms with Crippen molar-refractivity contribution < 1.29 is 9.53 Å². The van der Waals surface area contributed by atoms with Crippen LogP contribution in [-0.2, 0) is 23.2 Å². The molecule has 0 radical (unpaired) electrons. The highest BCUT2D eigenvalue weighted by molar-refractivity contribution is 7.08. The van der Waals surface area contributed by atoms with Crippen LogP contribution < -0.4 is 10.3 Å². The van der Waals surface area contributed by atoms with Gasteiger partial charge in [-0.05, 0) is 59.5 Å².